The van der Waals surface area contributed by atoms with Gasteiger partial charge in [0.25, 0.3) is 5.91 Å². The molecule has 6 nitrogen and oxygen atoms in total. The van der Waals surface area contributed by atoms with E-state index in [0.29, 0.717) is 43.2 Å². The fourth-order valence-electron chi connectivity index (χ4n) is 3.02. The third-order valence-electron chi connectivity index (χ3n) is 4.53. The van der Waals surface area contributed by atoms with E-state index in [-0.39, 0.29) is 17.7 Å². The second-order valence-corrected chi connectivity index (χ2v) is 6.63. The number of halogens is 1. The number of hydrogen-bond donors (Lipinski definition) is 2. The summed E-state index contributed by atoms with van der Waals surface area (Å²) in [6.07, 6.45) is 1.29. The monoisotopic (exact) mass is 386 g/mol. The van der Waals surface area contributed by atoms with Gasteiger partial charge in [0, 0.05) is 31.5 Å². The van der Waals surface area contributed by atoms with Crippen LogP contribution < -0.4 is 15.4 Å². The predicted octanol–water partition coefficient (Wildman–Crippen LogP) is 2.78. The Bertz CT molecular complexity index is 839. The number of hydrogen-bond acceptors (Lipinski definition) is 4. The molecule has 0 spiro atoms. The summed E-state index contributed by atoms with van der Waals surface area (Å²) < 4.78 is 23.7. The van der Waals surface area contributed by atoms with Crippen molar-refractivity contribution in [3.05, 3.63) is 59.4 Å². The van der Waals surface area contributed by atoms with E-state index in [1.165, 1.54) is 24.3 Å². The number of nitrogens with one attached hydrogen (secondary N) is 2. The smallest absolute Gasteiger partial charge is 0.255 e. The molecule has 2 aromatic rings. The molecule has 7 heteroatoms. The number of ether oxygens (including phenoxy) is 2. The van der Waals surface area contributed by atoms with Crippen molar-refractivity contribution < 1.29 is 23.5 Å². The van der Waals surface area contributed by atoms with Gasteiger partial charge in [0.05, 0.1) is 5.92 Å². The van der Waals surface area contributed by atoms with E-state index >= 15 is 0 Å². The first-order valence-electron chi connectivity index (χ1n) is 9.16. The van der Waals surface area contributed by atoms with Gasteiger partial charge in [-0.3, -0.25) is 9.59 Å². The third kappa shape index (κ3) is 5.07. The van der Waals surface area contributed by atoms with Crippen LogP contribution in [0.2, 0.25) is 0 Å². The lowest BCUT2D eigenvalue weighted by Gasteiger charge is -2.25. The van der Waals surface area contributed by atoms with Crippen LogP contribution >= 0.6 is 0 Å². The Labute approximate surface area is 163 Å². The fourth-order valence-corrected chi connectivity index (χ4v) is 3.02. The van der Waals surface area contributed by atoms with Crippen LogP contribution in [0.1, 0.15) is 22.3 Å². The van der Waals surface area contributed by atoms with E-state index in [4.69, 9.17) is 9.47 Å². The standard InChI is InChI=1S/C21H23FN2O4/c1-27-10-2-9-23-20(25)16-11-15-12-18(7-8-19(15)28-13-16)24-21(26)14-3-5-17(22)6-4-14/h3-8,12,16H,2,9-11,13H2,1H3,(H,23,25)(H,24,26)/t16-/m0/s1. The van der Waals surface area contributed by atoms with Gasteiger partial charge in [0.2, 0.25) is 5.91 Å². The number of carbonyl (C=O) groups is 2. The van der Waals surface area contributed by atoms with Gasteiger partial charge in [-0.15, -0.1) is 0 Å². The summed E-state index contributed by atoms with van der Waals surface area (Å²) in [6, 6.07) is 10.7. The summed E-state index contributed by atoms with van der Waals surface area (Å²) in [5, 5.41) is 5.68. The van der Waals surface area contributed by atoms with Crippen LogP contribution in [0.25, 0.3) is 0 Å². The summed E-state index contributed by atoms with van der Waals surface area (Å²) in [5.74, 6) is -0.345. The predicted molar refractivity (Wildman–Crippen MR) is 103 cm³/mol. The number of rotatable bonds is 7. The van der Waals surface area contributed by atoms with Crippen LogP contribution in [-0.2, 0) is 16.0 Å². The Morgan fingerprint density at radius 3 is 2.75 bits per heavy atom. The minimum atomic E-state index is -0.394. The van der Waals surface area contributed by atoms with E-state index in [2.05, 4.69) is 10.6 Å². The van der Waals surface area contributed by atoms with Crippen molar-refractivity contribution >= 4 is 17.5 Å². The first-order valence-corrected chi connectivity index (χ1v) is 9.16. The molecule has 148 valence electrons. The van der Waals surface area contributed by atoms with E-state index < -0.39 is 5.82 Å². The average Bonchev–Trinajstić information content (AvgIpc) is 2.71. The molecular weight excluding hydrogens is 363 g/mol. The minimum Gasteiger partial charge on any atom is -0.492 e. The largest absolute Gasteiger partial charge is 0.492 e. The van der Waals surface area contributed by atoms with Gasteiger partial charge < -0.3 is 20.1 Å². The van der Waals surface area contributed by atoms with Crippen LogP contribution in [0, 0.1) is 11.7 Å². The average molecular weight is 386 g/mol. The molecule has 1 aliphatic rings. The molecule has 2 N–H and O–H groups in total. The number of fused-ring (bicyclic) bond motifs is 1. The zero-order chi connectivity index (χ0) is 19.9. The first-order chi connectivity index (χ1) is 13.6. The van der Waals surface area contributed by atoms with Crippen molar-refractivity contribution in [3.63, 3.8) is 0 Å². The number of carbonyl (C=O) groups excluding carboxylic acids is 2. The number of benzene rings is 2. The highest BCUT2D eigenvalue weighted by Crippen LogP contribution is 2.30. The highest BCUT2D eigenvalue weighted by molar-refractivity contribution is 6.04. The summed E-state index contributed by atoms with van der Waals surface area (Å²) in [6.45, 7) is 1.48. The zero-order valence-electron chi connectivity index (χ0n) is 15.7. The van der Waals surface area contributed by atoms with Gasteiger partial charge in [0.15, 0.2) is 0 Å². The second kappa shape index (κ2) is 9.32. The highest BCUT2D eigenvalue weighted by Gasteiger charge is 2.26. The lowest BCUT2D eigenvalue weighted by Crippen LogP contribution is -2.38. The molecule has 1 aliphatic heterocycles. The van der Waals surface area contributed by atoms with E-state index in [1.54, 1.807) is 25.3 Å². The van der Waals surface area contributed by atoms with Gasteiger partial charge >= 0.3 is 0 Å². The molecule has 1 atom stereocenters. The van der Waals surface area contributed by atoms with Gasteiger partial charge in [-0.2, -0.15) is 0 Å². The molecule has 0 aliphatic carbocycles. The third-order valence-corrected chi connectivity index (χ3v) is 4.53. The maximum Gasteiger partial charge on any atom is 0.255 e. The van der Waals surface area contributed by atoms with Gasteiger partial charge in [0.1, 0.15) is 18.2 Å². The van der Waals surface area contributed by atoms with Crippen molar-refractivity contribution in [2.24, 2.45) is 5.92 Å². The minimum absolute atomic E-state index is 0.0532. The maximum absolute atomic E-state index is 13.0. The Morgan fingerprint density at radius 2 is 2.00 bits per heavy atom. The quantitative estimate of drug-likeness (QED) is 0.718. The molecule has 0 unspecified atom stereocenters. The summed E-state index contributed by atoms with van der Waals surface area (Å²) in [7, 11) is 1.63. The Kier molecular flexibility index (Phi) is 6.60. The molecule has 3 rings (SSSR count). The van der Waals surface area contributed by atoms with Crippen molar-refractivity contribution in [1.29, 1.82) is 0 Å². The van der Waals surface area contributed by atoms with E-state index in [1.807, 2.05) is 0 Å². The number of methoxy groups -OCH3 is 1. The van der Waals surface area contributed by atoms with Crippen LogP contribution in [0.3, 0.4) is 0 Å². The topological polar surface area (TPSA) is 76.7 Å². The van der Waals surface area contributed by atoms with Crippen molar-refractivity contribution in [2.45, 2.75) is 12.8 Å². The molecule has 0 saturated carbocycles. The summed E-state index contributed by atoms with van der Waals surface area (Å²) >= 11 is 0. The maximum atomic E-state index is 13.0. The van der Waals surface area contributed by atoms with Crippen LogP contribution in [0.4, 0.5) is 10.1 Å². The highest BCUT2D eigenvalue weighted by atomic mass is 19.1. The van der Waals surface area contributed by atoms with Crippen LogP contribution in [0.5, 0.6) is 5.75 Å². The molecule has 0 aromatic heterocycles. The molecule has 0 radical (unpaired) electrons. The number of amides is 2. The molecule has 28 heavy (non-hydrogen) atoms. The summed E-state index contributed by atoms with van der Waals surface area (Å²) in [5.41, 5.74) is 1.82. The Balaban J connectivity index is 1.62. The molecule has 0 saturated heterocycles. The lowest BCUT2D eigenvalue weighted by molar-refractivity contribution is -0.126. The van der Waals surface area contributed by atoms with Crippen molar-refractivity contribution in [3.8, 4) is 5.75 Å². The van der Waals surface area contributed by atoms with Crippen molar-refractivity contribution in [1.82, 2.24) is 5.32 Å². The van der Waals surface area contributed by atoms with E-state index in [9.17, 15) is 14.0 Å². The molecule has 1 heterocycles. The Morgan fingerprint density at radius 1 is 1.21 bits per heavy atom. The Hall–Kier alpha value is -2.93. The second-order valence-electron chi connectivity index (χ2n) is 6.63. The van der Waals surface area contributed by atoms with Crippen molar-refractivity contribution in [2.75, 3.05) is 32.2 Å². The molecule has 2 aromatic carbocycles. The first kappa shape index (κ1) is 19.8. The summed E-state index contributed by atoms with van der Waals surface area (Å²) in [4.78, 5) is 24.6. The molecule has 2 amide bonds. The zero-order valence-corrected chi connectivity index (χ0v) is 15.7. The number of anilines is 1. The SMILES string of the molecule is COCCCNC(=O)[C@@H]1COc2ccc(NC(=O)c3ccc(F)cc3)cc2C1. The molecule has 0 bridgehead atoms. The van der Waals surface area contributed by atoms with E-state index in [0.717, 1.165) is 12.0 Å². The lowest BCUT2D eigenvalue weighted by atomic mass is 9.95. The van der Waals surface area contributed by atoms with Gasteiger partial charge in [-0.25, -0.2) is 4.39 Å². The molecule has 0 fully saturated rings. The van der Waals surface area contributed by atoms with Gasteiger partial charge in [-0.05, 0) is 60.9 Å². The van der Waals surface area contributed by atoms with Gasteiger partial charge in [-0.1, -0.05) is 0 Å². The van der Waals surface area contributed by atoms with Crippen LogP contribution in [-0.4, -0.2) is 38.7 Å². The van der Waals surface area contributed by atoms with Crippen LogP contribution in [0.15, 0.2) is 42.5 Å². The fraction of sp³-hybridized carbons (Fsp3) is 0.333. The molecular formula is C21H23FN2O4. The normalized spacial score (nSPS) is 15.3.